The fourth-order valence-corrected chi connectivity index (χ4v) is 8.80. The summed E-state index contributed by atoms with van der Waals surface area (Å²) in [5.41, 5.74) is 6.36. The summed E-state index contributed by atoms with van der Waals surface area (Å²) in [6.45, 7) is 0. The van der Waals surface area contributed by atoms with Crippen LogP contribution in [0.25, 0.3) is 79.0 Å². The van der Waals surface area contributed by atoms with Crippen LogP contribution < -0.4 is 0 Å². The summed E-state index contributed by atoms with van der Waals surface area (Å²) in [4.78, 5) is 0. The van der Waals surface area contributed by atoms with Gasteiger partial charge < -0.3 is 4.57 Å². The van der Waals surface area contributed by atoms with Gasteiger partial charge in [0.2, 0.25) is 0 Å². The van der Waals surface area contributed by atoms with Crippen LogP contribution in [-0.4, -0.2) is 4.57 Å². The normalized spacial score (nSPS) is 12.1. The molecule has 6 aromatic carbocycles. The third-order valence-corrected chi connectivity index (χ3v) is 10.4. The van der Waals surface area contributed by atoms with Crippen molar-refractivity contribution in [3.63, 3.8) is 0 Å². The topological polar surface area (TPSA) is 4.93 Å². The maximum Gasteiger partial charge on any atom is 0.0727 e. The fourth-order valence-electron chi connectivity index (χ4n) is 6.28. The van der Waals surface area contributed by atoms with Crippen molar-refractivity contribution < 1.29 is 0 Å². The highest BCUT2D eigenvalue weighted by molar-refractivity contribution is 7.27. The lowest BCUT2D eigenvalue weighted by Crippen LogP contribution is -1.92. The van der Waals surface area contributed by atoms with Crippen LogP contribution in [0.3, 0.4) is 0 Å². The summed E-state index contributed by atoms with van der Waals surface area (Å²) in [6, 6.07) is 46.7. The molecule has 0 N–H and O–H groups in total. The smallest absolute Gasteiger partial charge is 0.0727 e. The van der Waals surface area contributed by atoms with Crippen LogP contribution in [0, 0.1) is 0 Å². The molecule has 3 aromatic heterocycles. The van der Waals surface area contributed by atoms with E-state index in [4.69, 9.17) is 0 Å². The molecule has 0 aliphatic carbocycles. The Bertz CT molecular complexity index is 2390. The molecule has 182 valence electrons. The highest BCUT2D eigenvalue weighted by atomic mass is 32.1. The molecule has 0 spiro atoms. The standard InChI is InChI=1S/C36H21NS2/c1-2-10-24(11-3-1)37-30-15-7-6-13-27(30)36-34(37)28-19-18-23(21-32(28)39-36)25-14-8-16-31-33(25)29-20-17-22-9-4-5-12-26(22)35(29)38-31/h1-21H. The van der Waals surface area contributed by atoms with Crippen LogP contribution in [0.1, 0.15) is 0 Å². The maximum absolute atomic E-state index is 2.43. The molecule has 0 aliphatic rings. The van der Waals surface area contributed by atoms with Gasteiger partial charge in [-0.2, -0.15) is 0 Å². The molecule has 0 amide bonds. The van der Waals surface area contributed by atoms with E-state index in [1.54, 1.807) is 0 Å². The summed E-state index contributed by atoms with van der Waals surface area (Å²) in [6.07, 6.45) is 0. The van der Waals surface area contributed by atoms with E-state index in [1.165, 1.54) is 79.0 Å². The zero-order chi connectivity index (χ0) is 25.5. The van der Waals surface area contributed by atoms with Gasteiger partial charge in [0.15, 0.2) is 0 Å². The number of fused-ring (bicyclic) bond motifs is 10. The summed E-state index contributed by atoms with van der Waals surface area (Å²) in [5.74, 6) is 0. The average Bonchev–Trinajstić information content (AvgIpc) is 3.66. The van der Waals surface area contributed by atoms with E-state index in [0.717, 1.165) is 0 Å². The molecule has 9 aromatic rings. The van der Waals surface area contributed by atoms with Gasteiger partial charge in [0.1, 0.15) is 0 Å². The number of hydrogen-bond donors (Lipinski definition) is 0. The van der Waals surface area contributed by atoms with E-state index in [-0.39, 0.29) is 0 Å². The van der Waals surface area contributed by atoms with Gasteiger partial charge in [-0.3, -0.25) is 0 Å². The first-order valence-electron chi connectivity index (χ1n) is 13.2. The lowest BCUT2D eigenvalue weighted by molar-refractivity contribution is 1.19. The predicted octanol–water partition coefficient (Wildman–Crippen LogP) is 11.2. The number of thiophene rings is 2. The van der Waals surface area contributed by atoms with E-state index >= 15 is 0 Å². The first-order chi connectivity index (χ1) is 19.3. The van der Waals surface area contributed by atoms with Crippen LogP contribution in [-0.2, 0) is 0 Å². The van der Waals surface area contributed by atoms with Gasteiger partial charge in [0, 0.05) is 41.3 Å². The van der Waals surface area contributed by atoms with Crippen molar-refractivity contribution in [3.8, 4) is 16.8 Å². The van der Waals surface area contributed by atoms with Gasteiger partial charge >= 0.3 is 0 Å². The molecule has 9 rings (SSSR count). The van der Waals surface area contributed by atoms with E-state index < -0.39 is 0 Å². The molecule has 0 atom stereocenters. The summed E-state index contributed by atoms with van der Waals surface area (Å²) in [7, 11) is 0. The minimum Gasteiger partial charge on any atom is -0.308 e. The molecule has 0 saturated carbocycles. The van der Waals surface area contributed by atoms with Crippen molar-refractivity contribution in [2.45, 2.75) is 0 Å². The van der Waals surface area contributed by atoms with Crippen LogP contribution >= 0.6 is 22.7 Å². The molecule has 0 fully saturated rings. The fraction of sp³-hybridized carbons (Fsp3) is 0. The summed E-state index contributed by atoms with van der Waals surface area (Å²) < 4.78 is 7.84. The average molecular weight is 532 g/mol. The molecule has 1 nitrogen and oxygen atoms in total. The van der Waals surface area contributed by atoms with E-state index in [9.17, 15) is 0 Å². The van der Waals surface area contributed by atoms with Gasteiger partial charge in [0.05, 0.1) is 15.7 Å². The van der Waals surface area contributed by atoms with Crippen LogP contribution in [0.5, 0.6) is 0 Å². The van der Waals surface area contributed by atoms with Crippen molar-refractivity contribution in [3.05, 3.63) is 127 Å². The monoisotopic (exact) mass is 531 g/mol. The molecule has 39 heavy (non-hydrogen) atoms. The maximum atomic E-state index is 2.43. The number of para-hydroxylation sites is 2. The van der Waals surface area contributed by atoms with Crippen LogP contribution in [0.4, 0.5) is 0 Å². The van der Waals surface area contributed by atoms with E-state index in [1.807, 2.05) is 22.7 Å². The van der Waals surface area contributed by atoms with Crippen molar-refractivity contribution in [2.75, 3.05) is 0 Å². The van der Waals surface area contributed by atoms with Crippen LogP contribution in [0.2, 0.25) is 0 Å². The molecular formula is C36H21NS2. The highest BCUT2D eigenvalue weighted by Crippen LogP contribution is 2.46. The highest BCUT2D eigenvalue weighted by Gasteiger charge is 2.19. The number of nitrogens with zero attached hydrogens (tertiary/aromatic N) is 1. The van der Waals surface area contributed by atoms with Crippen molar-refractivity contribution in [1.82, 2.24) is 4.57 Å². The van der Waals surface area contributed by atoms with Crippen molar-refractivity contribution >= 4 is 84.8 Å². The molecule has 0 saturated heterocycles. The van der Waals surface area contributed by atoms with Gasteiger partial charge in [-0.25, -0.2) is 0 Å². The van der Waals surface area contributed by atoms with Crippen LogP contribution in [0.15, 0.2) is 127 Å². The third kappa shape index (κ3) is 3.00. The van der Waals surface area contributed by atoms with Crippen molar-refractivity contribution in [2.24, 2.45) is 0 Å². The number of rotatable bonds is 2. The second kappa shape index (κ2) is 8.03. The van der Waals surface area contributed by atoms with E-state index in [0.29, 0.717) is 0 Å². The second-order valence-corrected chi connectivity index (χ2v) is 12.2. The van der Waals surface area contributed by atoms with Gasteiger partial charge in [-0.05, 0) is 52.2 Å². The molecule has 0 aliphatic heterocycles. The van der Waals surface area contributed by atoms with E-state index in [2.05, 4.69) is 132 Å². The second-order valence-electron chi connectivity index (χ2n) is 10.1. The quantitative estimate of drug-likeness (QED) is 0.209. The van der Waals surface area contributed by atoms with Gasteiger partial charge in [-0.15, -0.1) is 22.7 Å². The Morgan fingerprint density at radius 2 is 1.26 bits per heavy atom. The summed E-state index contributed by atoms with van der Waals surface area (Å²) >= 11 is 3.82. The Hall–Kier alpha value is -4.44. The molecule has 3 heterocycles. The first kappa shape index (κ1) is 21.5. The summed E-state index contributed by atoms with van der Waals surface area (Å²) in [5, 5.41) is 7.98. The van der Waals surface area contributed by atoms with Gasteiger partial charge in [-0.1, -0.05) is 97.1 Å². The minimum absolute atomic E-state index is 1.20. The van der Waals surface area contributed by atoms with Crippen molar-refractivity contribution in [1.29, 1.82) is 0 Å². The predicted molar refractivity (Wildman–Crippen MR) is 172 cm³/mol. The molecule has 0 bridgehead atoms. The largest absolute Gasteiger partial charge is 0.308 e. The molecule has 3 heteroatoms. The number of aromatic nitrogens is 1. The minimum atomic E-state index is 1.20. The lowest BCUT2D eigenvalue weighted by atomic mass is 9.98. The number of hydrogen-bond acceptors (Lipinski definition) is 2. The molecule has 0 unspecified atom stereocenters. The Kier molecular flexibility index (Phi) is 4.43. The zero-order valence-electron chi connectivity index (χ0n) is 20.9. The Morgan fingerprint density at radius 3 is 2.18 bits per heavy atom. The molecule has 0 radical (unpaired) electrons. The first-order valence-corrected chi connectivity index (χ1v) is 14.8. The number of benzene rings is 6. The Balaban J connectivity index is 1.33. The lowest BCUT2D eigenvalue weighted by Gasteiger charge is -2.09. The van der Waals surface area contributed by atoms with Gasteiger partial charge in [0.25, 0.3) is 0 Å². The Labute approximate surface area is 232 Å². The zero-order valence-corrected chi connectivity index (χ0v) is 22.5. The Morgan fingerprint density at radius 1 is 0.487 bits per heavy atom. The molecular weight excluding hydrogens is 511 g/mol. The SMILES string of the molecule is c1ccc(-n2c3ccccc3c3sc4cc(-c5cccc6sc7c8ccccc8ccc7c56)ccc4c32)cc1. The third-order valence-electron chi connectivity index (χ3n) is 7.99.